The zero-order valence-corrected chi connectivity index (χ0v) is 16.3. The highest BCUT2D eigenvalue weighted by Crippen LogP contribution is 2.26. The molecule has 0 radical (unpaired) electrons. The minimum Gasteiger partial charge on any atom is -0.497 e. The Bertz CT molecular complexity index is 837. The standard InChI is InChI=1S/C22H26N2O4/c1-3-28-20-10-5-4-9-19(20)23-22(26)17-14-21(25)24(15-17)12-11-16-7-6-8-18(13-16)27-2/h4-10,13,17H,3,11-12,14-15H2,1-2H3,(H,23,26). The monoisotopic (exact) mass is 382 g/mol. The molecule has 1 saturated heterocycles. The lowest BCUT2D eigenvalue weighted by atomic mass is 10.1. The molecule has 0 aliphatic carbocycles. The fraction of sp³-hybridized carbons (Fsp3) is 0.364. The molecule has 1 aliphatic heterocycles. The van der Waals surface area contributed by atoms with E-state index < -0.39 is 0 Å². The Labute approximate surface area is 165 Å². The Balaban J connectivity index is 1.57. The summed E-state index contributed by atoms with van der Waals surface area (Å²) >= 11 is 0. The van der Waals surface area contributed by atoms with Gasteiger partial charge in [0.25, 0.3) is 0 Å². The highest BCUT2D eigenvalue weighted by molar-refractivity contribution is 5.98. The van der Waals surface area contributed by atoms with E-state index in [9.17, 15) is 9.59 Å². The predicted molar refractivity (Wildman–Crippen MR) is 108 cm³/mol. The van der Waals surface area contributed by atoms with E-state index in [0.29, 0.717) is 31.1 Å². The summed E-state index contributed by atoms with van der Waals surface area (Å²) in [6, 6.07) is 15.1. The van der Waals surface area contributed by atoms with Crippen LogP contribution < -0.4 is 14.8 Å². The van der Waals surface area contributed by atoms with Gasteiger partial charge in [-0.25, -0.2) is 0 Å². The number of methoxy groups -OCH3 is 1. The molecule has 0 aromatic heterocycles. The summed E-state index contributed by atoms with van der Waals surface area (Å²) in [6.07, 6.45) is 0.963. The number of nitrogens with one attached hydrogen (secondary N) is 1. The van der Waals surface area contributed by atoms with Gasteiger partial charge in [-0.05, 0) is 43.2 Å². The summed E-state index contributed by atoms with van der Waals surface area (Å²) in [5.74, 6) is 0.950. The molecule has 1 heterocycles. The minimum atomic E-state index is -0.354. The molecule has 1 N–H and O–H groups in total. The first-order valence-electron chi connectivity index (χ1n) is 9.54. The van der Waals surface area contributed by atoms with Gasteiger partial charge in [0.1, 0.15) is 11.5 Å². The van der Waals surface area contributed by atoms with E-state index in [0.717, 1.165) is 17.7 Å². The van der Waals surface area contributed by atoms with Crippen molar-refractivity contribution in [2.45, 2.75) is 19.8 Å². The number of carbonyl (C=O) groups excluding carboxylic acids is 2. The second kappa shape index (κ2) is 9.26. The van der Waals surface area contributed by atoms with Crippen LogP contribution in [0.25, 0.3) is 0 Å². The molecule has 28 heavy (non-hydrogen) atoms. The number of hydrogen-bond acceptors (Lipinski definition) is 4. The van der Waals surface area contributed by atoms with Crippen LogP contribution >= 0.6 is 0 Å². The minimum absolute atomic E-state index is 0.0149. The van der Waals surface area contributed by atoms with Crippen LogP contribution in [0.2, 0.25) is 0 Å². The molecule has 1 atom stereocenters. The Kier molecular flexibility index (Phi) is 6.53. The van der Waals surface area contributed by atoms with Crippen molar-refractivity contribution in [3.05, 3.63) is 54.1 Å². The quantitative estimate of drug-likeness (QED) is 0.762. The molecule has 3 rings (SSSR count). The first-order chi connectivity index (χ1) is 13.6. The van der Waals surface area contributed by atoms with Crippen LogP contribution in [0.3, 0.4) is 0 Å². The zero-order valence-electron chi connectivity index (χ0n) is 16.3. The third-order valence-electron chi connectivity index (χ3n) is 4.83. The van der Waals surface area contributed by atoms with Gasteiger partial charge in [-0.3, -0.25) is 9.59 Å². The van der Waals surface area contributed by atoms with Crippen molar-refractivity contribution >= 4 is 17.5 Å². The van der Waals surface area contributed by atoms with Crippen molar-refractivity contribution in [2.24, 2.45) is 5.92 Å². The summed E-state index contributed by atoms with van der Waals surface area (Å²) in [7, 11) is 1.63. The Morgan fingerprint density at radius 1 is 1.21 bits per heavy atom. The number of para-hydroxylation sites is 2. The molecule has 2 aromatic carbocycles. The highest BCUT2D eigenvalue weighted by atomic mass is 16.5. The maximum Gasteiger partial charge on any atom is 0.229 e. The van der Waals surface area contributed by atoms with Crippen molar-refractivity contribution in [1.29, 1.82) is 0 Å². The maximum absolute atomic E-state index is 12.7. The molecule has 0 spiro atoms. The number of anilines is 1. The Hall–Kier alpha value is -3.02. The van der Waals surface area contributed by atoms with Crippen molar-refractivity contribution in [3.63, 3.8) is 0 Å². The van der Waals surface area contributed by atoms with Gasteiger partial charge in [0, 0.05) is 19.5 Å². The van der Waals surface area contributed by atoms with Crippen LogP contribution in [0, 0.1) is 5.92 Å². The van der Waals surface area contributed by atoms with Crippen LogP contribution in [-0.4, -0.2) is 43.5 Å². The van der Waals surface area contributed by atoms with Crippen molar-refractivity contribution in [3.8, 4) is 11.5 Å². The number of ether oxygens (including phenoxy) is 2. The fourth-order valence-corrected chi connectivity index (χ4v) is 3.34. The van der Waals surface area contributed by atoms with Crippen molar-refractivity contribution < 1.29 is 19.1 Å². The molecule has 1 aliphatic rings. The maximum atomic E-state index is 12.7. The SMILES string of the molecule is CCOc1ccccc1NC(=O)C1CC(=O)N(CCc2cccc(OC)c2)C1. The topological polar surface area (TPSA) is 67.9 Å². The lowest BCUT2D eigenvalue weighted by Crippen LogP contribution is -2.30. The number of carbonyl (C=O) groups is 2. The molecule has 1 fully saturated rings. The van der Waals surface area contributed by atoms with Gasteiger partial charge >= 0.3 is 0 Å². The molecular formula is C22H26N2O4. The van der Waals surface area contributed by atoms with E-state index >= 15 is 0 Å². The third kappa shape index (κ3) is 4.82. The summed E-state index contributed by atoms with van der Waals surface area (Å²) in [5, 5.41) is 2.91. The van der Waals surface area contributed by atoms with E-state index in [1.54, 1.807) is 18.1 Å². The van der Waals surface area contributed by atoms with Gasteiger partial charge in [-0.2, -0.15) is 0 Å². The predicted octanol–water partition coefficient (Wildman–Crippen LogP) is 3.12. The highest BCUT2D eigenvalue weighted by Gasteiger charge is 2.34. The Morgan fingerprint density at radius 3 is 2.82 bits per heavy atom. The number of hydrogen-bond donors (Lipinski definition) is 1. The van der Waals surface area contributed by atoms with Crippen LogP contribution in [-0.2, 0) is 16.0 Å². The summed E-state index contributed by atoms with van der Waals surface area (Å²) < 4.78 is 10.8. The van der Waals surface area contributed by atoms with Crippen molar-refractivity contribution in [1.82, 2.24) is 4.90 Å². The molecule has 148 valence electrons. The van der Waals surface area contributed by atoms with E-state index in [-0.39, 0.29) is 24.2 Å². The van der Waals surface area contributed by atoms with Gasteiger partial charge < -0.3 is 19.7 Å². The average Bonchev–Trinajstić information content (AvgIpc) is 3.09. The Morgan fingerprint density at radius 2 is 2.04 bits per heavy atom. The van der Waals surface area contributed by atoms with Crippen LogP contribution in [0.1, 0.15) is 18.9 Å². The molecule has 1 unspecified atom stereocenters. The molecule has 6 heteroatoms. The number of amides is 2. The number of benzene rings is 2. The first kappa shape index (κ1) is 19.7. The van der Waals surface area contributed by atoms with Gasteiger partial charge in [-0.1, -0.05) is 24.3 Å². The summed E-state index contributed by atoms with van der Waals surface area (Å²) in [5.41, 5.74) is 1.74. The smallest absolute Gasteiger partial charge is 0.229 e. The number of rotatable bonds is 8. The van der Waals surface area contributed by atoms with Gasteiger partial charge in [0.15, 0.2) is 0 Å². The molecule has 2 aromatic rings. The van der Waals surface area contributed by atoms with Gasteiger partial charge in [-0.15, -0.1) is 0 Å². The van der Waals surface area contributed by atoms with Crippen LogP contribution in [0.5, 0.6) is 11.5 Å². The zero-order chi connectivity index (χ0) is 19.9. The number of likely N-dealkylation sites (tertiary alicyclic amines) is 1. The third-order valence-corrected chi connectivity index (χ3v) is 4.83. The normalized spacial score (nSPS) is 16.1. The van der Waals surface area contributed by atoms with E-state index in [1.165, 1.54) is 0 Å². The molecule has 6 nitrogen and oxygen atoms in total. The van der Waals surface area contributed by atoms with E-state index in [1.807, 2.05) is 49.4 Å². The molecular weight excluding hydrogens is 356 g/mol. The van der Waals surface area contributed by atoms with Gasteiger partial charge in [0.05, 0.1) is 25.3 Å². The largest absolute Gasteiger partial charge is 0.497 e. The fourth-order valence-electron chi connectivity index (χ4n) is 3.34. The number of nitrogens with zero attached hydrogens (tertiary/aromatic N) is 1. The van der Waals surface area contributed by atoms with Gasteiger partial charge in [0.2, 0.25) is 11.8 Å². The second-order valence-corrected chi connectivity index (χ2v) is 6.76. The van der Waals surface area contributed by atoms with E-state index in [4.69, 9.17) is 9.47 Å². The molecule has 0 saturated carbocycles. The van der Waals surface area contributed by atoms with Crippen molar-refractivity contribution in [2.75, 3.05) is 32.1 Å². The molecule has 0 bridgehead atoms. The average molecular weight is 382 g/mol. The lowest BCUT2D eigenvalue weighted by Gasteiger charge is -2.17. The van der Waals surface area contributed by atoms with E-state index in [2.05, 4.69) is 5.32 Å². The molecule has 2 amide bonds. The summed E-state index contributed by atoms with van der Waals surface area (Å²) in [6.45, 7) is 3.44. The van der Waals surface area contributed by atoms with Crippen LogP contribution in [0.4, 0.5) is 5.69 Å². The van der Waals surface area contributed by atoms with Crippen LogP contribution in [0.15, 0.2) is 48.5 Å². The lowest BCUT2D eigenvalue weighted by molar-refractivity contribution is -0.128. The summed E-state index contributed by atoms with van der Waals surface area (Å²) in [4.78, 5) is 26.8. The first-order valence-corrected chi connectivity index (χ1v) is 9.54. The second-order valence-electron chi connectivity index (χ2n) is 6.76.